The Labute approximate surface area is 98.8 Å². The van der Waals surface area contributed by atoms with Crippen molar-refractivity contribution in [3.8, 4) is 0 Å². The van der Waals surface area contributed by atoms with Crippen LogP contribution < -0.4 is 5.32 Å². The molecule has 1 aliphatic carbocycles. The summed E-state index contributed by atoms with van der Waals surface area (Å²) >= 11 is 3.44. The fourth-order valence-electron chi connectivity index (χ4n) is 1.96. The molecule has 0 aliphatic heterocycles. The second kappa shape index (κ2) is 4.54. The number of halogens is 1. The first-order valence-corrected chi connectivity index (χ1v) is 6.14. The van der Waals surface area contributed by atoms with Crippen LogP contribution in [-0.2, 0) is 0 Å². The predicted molar refractivity (Wildman–Crippen MR) is 66.0 cm³/mol. The van der Waals surface area contributed by atoms with E-state index in [2.05, 4.69) is 33.4 Å². The molecule has 2 nitrogen and oxygen atoms in total. The van der Waals surface area contributed by atoms with Gasteiger partial charge >= 0.3 is 0 Å². The highest BCUT2D eigenvalue weighted by Crippen LogP contribution is 2.40. The monoisotopic (exact) mass is 269 g/mol. The molecule has 0 unspecified atom stereocenters. The number of benzene rings is 1. The van der Waals surface area contributed by atoms with Crippen LogP contribution in [0.2, 0.25) is 0 Å². The molecular weight excluding hydrogens is 254 g/mol. The number of hydrogen-bond donors (Lipinski definition) is 2. The van der Waals surface area contributed by atoms with Crippen molar-refractivity contribution in [3.63, 3.8) is 0 Å². The third-order valence-electron chi connectivity index (χ3n) is 3.24. The summed E-state index contributed by atoms with van der Waals surface area (Å²) in [6.45, 7) is 1.17. The second-order valence-corrected chi connectivity index (χ2v) is 5.29. The van der Waals surface area contributed by atoms with E-state index < -0.39 is 0 Å². The normalized spacial score (nSPS) is 18.3. The van der Waals surface area contributed by atoms with Gasteiger partial charge in [-0.3, -0.25) is 0 Å². The van der Waals surface area contributed by atoms with E-state index in [0.717, 1.165) is 29.5 Å². The molecule has 1 aromatic carbocycles. The summed E-state index contributed by atoms with van der Waals surface area (Å²) in [6.07, 6.45) is 3.54. The van der Waals surface area contributed by atoms with Crippen LogP contribution >= 0.6 is 15.9 Å². The van der Waals surface area contributed by atoms with Gasteiger partial charge < -0.3 is 10.4 Å². The van der Waals surface area contributed by atoms with Crippen LogP contribution in [0.1, 0.15) is 19.3 Å². The Bertz CT molecular complexity index is 331. The Morgan fingerprint density at radius 3 is 2.73 bits per heavy atom. The molecule has 15 heavy (non-hydrogen) atoms. The molecule has 0 saturated heterocycles. The van der Waals surface area contributed by atoms with Crippen LogP contribution in [-0.4, -0.2) is 18.3 Å². The smallest absolute Gasteiger partial charge is 0.0504 e. The maximum atomic E-state index is 9.32. The molecule has 82 valence electrons. The van der Waals surface area contributed by atoms with Gasteiger partial charge in [0.25, 0.3) is 0 Å². The van der Waals surface area contributed by atoms with Crippen LogP contribution in [0.5, 0.6) is 0 Å². The summed E-state index contributed by atoms with van der Waals surface area (Å²) in [5, 5.41) is 12.7. The zero-order valence-electron chi connectivity index (χ0n) is 8.67. The highest BCUT2D eigenvalue weighted by atomic mass is 79.9. The SMILES string of the molecule is OCC1(CNc2cccc(Br)c2)CCC1. The summed E-state index contributed by atoms with van der Waals surface area (Å²) < 4.78 is 1.08. The quantitative estimate of drug-likeness (QED) is 0.881. The molecule has 1 aromatic rings. The van der Waals surface area contributed by atoms with E-state index in [1.165, 1.54) is 6.42 Å². The van der Waals surface area contributed by atoms with Gasteiger partial charge in [0.15, 0.2) is 0 Å². The number of aliphatic hydroxyl groups excluding tert-OH is 1. The molecule has 0 spiro atoms. The minimum absolute atomic E-state index is 0.141. The summed E-state index contributed by atoms with van der Waals surface area (Å²) in [4.78, 5) is 0. The minimum Gasteiger partial charge on any atom is -0.396 e. The predicted octanol–water partition coefficient (Wildman–Crippen LogP) is 3.02. The number of anilines is 1. The molecule has 0 radical (unpaired) electrons. The fraction of sp³-hybridized carbons (Fsp3) is 0.500. The first-order chi connectivity index (χ1) is 7.24. The Kier molecular flexibility index (Phi) is 3.32. The molecule has 3 heteroatoms. The Morgan fingerprint density at radius 2 is 2.20 bits per heavy atom. The van der Waals surface area contributed by atoms with Gasteiger partial charge in [-0.25, -0.2) is 0 Å². The molecule has 1 aliphatic rings. The van der Waals surface area contributed by atoms with Crippen molar-refractivity contribution < 1.29 is 5.11 Å². The van der Waals surface area contributed by atoms with Crippen molar-refractivity contribution in [2.24, 2.45) is 5.41 Å². The van der Waals surface area contributed by atoms with E-state index in [9.17, 15) is 5.11 Å². The third kappa shape index (κ3) is 2.52. The Balaban J connectivity index is 1.92. The van der Waals surface area contributed by atoms with Crippen LogP contribution in [0.25, 0.3) is 0 Å². The molecule has 0 bridgehead atoms. The molecular formula is C12H16BrNO. The van der Waals surface area contributed by atoms with Gasteiger partial charge in [-0.1, -0.05) is 28.4 Å². The second-order valence-electron chi connectivity index (χ2n) is 4.38. The summed E-state index contributed by atoms with van der Waals surface area (Å²) in [7, 11) is 0. The minimum atomic E-state index is 0.141. The highest BCUT2D eigenvalue weighted by molar-refractivity contribution is 9.10. The first-order valence-electron chi connectivity index (χ1n) is 5.34. The molecule has 0 amide bonds. The van der Waals surface area contributed by atoms with Crippen molar-refractivity contribution in [2.75, 3.05) is 18.5 Å². The Morgan fingerprint density at radius 1 is 1.40 bits per heavy atom. The van der Waals surface area contributed by atoms with Crippen molar-refractivity contribution in [1.82, 2.24) is 0 Å². The van der Waals surface area contributed by atoms with E-state index in [1.807, 2.05) is 12.1 Å². The van der Waals surface area contributed by atoms with Crippen LogP contribution in [0.15, 0.2) is 28.7 Å². The zero-order chi connectivity index (χ0) is 10.7. The number of rotatable bonds is 4. The molecule has 0 atom stereocenters. The lowest BCUT2D eigenvalue weighted by Gasteiger charge is -2.40. The van der Waals surface area contributed by atoms with Crippen LogP contribution in [0.3, 0.4) is 0 Å². The van der Waals surface area contributed by atoms with Gasteiger partial charge in [-0.05, 0) is 31.0 Å². The summed E-state index contributed by atoms with van der Waals surface area (Å²) in [6, 6.07) is 8.13. The highest BCUT2D eigenvalue weighted by Gasteiger charge is 2.35. The number of hydrogen-bond acceptors (Lipinski definition) is 2. The number of nitrogens with one attached hydrogen (secondary N) is 1. The molecule has 2 N–H and O–H groups in total. The van der Waals surface area contributed by atoms with Gasteiger partial charge in [0.2, 0.25) is 0 Å². The zero-order valence-corrected chi connectivity index (χ0v) is 10.3. The van der Waals surface area contributed by atoms with Gasteiger partial charge in [-0.15, -0.1) is 0 Å². The molecule has 2 rings (SSSR count). The summed E-state index contributed by atoms with van der Waals surface area (Å²) in [5.74, 6) is 0. The third-order valence-corrected chi connectivity index (χ3v) is 3.74. The van der Waals surface area contributed by atoms with Crippen molar-refractivity contribution >= 4 is 21.6 Å². The van der Waals surface area contributed by atoms with Gasteiger partial charge in [0.1, 0.15) is 0 Å². The van der Waals surface area contributed by atoms with E-state index in [0.29, 0.717) is 6.61 Å². The van der Waals surface area contributed by atoms with Gasteiger partial charge in [0, 0.05) is 22.1 Å². The van der Waals surface area contributed by atoms with Gasteiger partial charge in [0.05, 0.1) is 6.61 Å². The largest absolute Gasteiger partial charge is 0.396 e. The average molecular weight is 270 g/mol. The van der Waals surface area contributed by atoms with Crippen molar-refractivity contribution in [2.45, 2.75) is 19.3 Å². The lowest BCUT2D eigenvalue weighted by atomic mass is 9.69. The topological polar surface area (TPSA) is 32.3 Å². The lowest BCUT2D eigenvalue weighted by molar-refractivity contribution is 0.0576. The average Bonchev–Trinajstić information content (AvgIpc) is 2.17. The molecule has 1 fully saturated rings. The first kappa shape index (κ1) is 11.0. The van der Waals surface area contributed by atoms with E-state index in [1.54, 1.807) is 0 Å². The lowest BCUT2D eigenvalue weighted by Crippen LogP contribution is -2.39. The Hall–Kier alpha value is -0.540. The van der Waals surface area contributed by atoms with Gasteiger partial charge in [-0.2, -0.15) is 0 Å². The molecule has 0 aromatic heterocycles. The standard InChI is InChI=1S/C12H16BrNO/c13-10-3-1-4-11(7-10)14-8-12(9-15)5-2-6-12/h1,3-4,7,14-15H,2,5-6,8-9H2. The van der Waals surface area contributed by atoms with E-state index in [4.69, 9.17) is 0 Å². The van der Waals surface area contributed by atoms with Crippen LogP contribution in [0.4, 0.5) is 5.69 Å². The van der Waals surface area contributed by atoms with Crippen LogP contribution in [0, 0.1) is 5.41 Å². The van der Waals surface area contributed by atoms with E-state index in [-0.39, 0.29) is 5.41 Å². The maximum absolute atomic E-state index is 9.32. The molecule has 0 heterocycles. The fourth-order valence-corrected chi connectivity index (χ4v) is 2.35. The maximum Gasteiger partial charge on any atom is 0.0504 e. The molecule has 1 saturated carbocycles. The van der Waals surface area contributed by atoms with E-state index >= 15 is 0 Å². The summed E-state index contributed by atoms with van der Waals surface area (Å²) in [5.41, 5.74) is 1.26. The van der Waals surface area contributed by atoms with Crippen molar-refractivity contribution in [3.05, 3.63) is 28.7 Å². The van der Waals surface area contributed by atoms with Crippen molar-refractivity contribution in [1.29, 1.82) is 0 Å². The number of aliphatic hydroxyl groups is 1.